The third-order valence-corrected chi connectivity index (χ3v) is 10.5. The Hall–Kier alpha value is -1.52. The zero-order valence-electron chi connectivity index (χ0n) is 20.7. The van der Waals surface area contributed by atoms with Crippen LogP contribution in [0.1, 0.15) is 63.4 Å². The number of benzene rings is 1. The van der Waals surface area contributed by atoms with Crippen LogP contribution in [0.25, 0.3) is 0 Å². The molecule has 192 valence electrons. The highest BCUT2D eigenvalue weighted by molar-refractivity contribution is 7.89. The molecular formula is C26H37N3O5S. The van der Waals surface area contributed by atoms with Crippen LogP contribution in [0.5, 0.6) is 0 Å². The molecule has 0 bridgehead atoms. The van der Waals surface area contributed by atoms with Gasteiger partial charge in [-0.25, -0.2) is 8.42 Å². The number of amidine groups is 1. The average Bonchev–Trinajstić information content (AvgIpc) is 3.35. The highest BCUT2D eigenvalue weighted by Gasteiger charge is 2.56. The van der Waals surface area contributed by atoms with E-state index in [9.17, 15) is 8.42 Å². The molecule has 1 aliphatic carbocycles. The molecule has 3 fully saturated rings. The number of aliphatic imine (C=N–C) groups is 1. The van der Waals surface area contributed by atoms with Gasteiger partial charge in [0.1, 0.15) is 0 Å². The van der Waals surface area contributed by atoms with Crippen LogP contribution in [0.3, 0.4) is 0 Å². The summed E-state index contributed by atoms with van der Waals surface area (Å²) < 4.78 is 47.1. The largest absolute Gasteiger partial charge is 0.383 e. The Morgan fingerprint density at radius 3 is 2.60 bits per heavy atom. The van der Waals surface area contributed by atoms with E-state index in [-0.39, 0.29) is 11.5 Å². The summed E-state index contributed by atoms with van der Waals surface area (Å²) in [6.45, 7) is 3.74. The minimum atomic E-state index is -3.67. The number of methoxy groups -OCH3 is 1. The number of rotatable bonds is 4. The molecule has 0 N–H and O–H groups in total. The molecule has 0 radical (unpaired) electrons. The number of hydrogen-bond donors (Lipinski definition) is 0. The summed E-state index contributed by atoms with van der Waals surface area (Å²) in [7, 11) is -2.04. The van der Waals surface area contributed by atoms with Gasteiger partial charge in [0.2, 0.25) is 10.0 Å². The van der Waals surface area contributed by atoms with Crippen LogP contribution in [0.2, 0.25) is 0 Å². The number of fused-ring (bicyclic) bond motifs is 5. The molecule has 6 rings (SSSR count). The summed E-state index contributed by atoms with van der Waals surface area (Å²) in [5, 5.41) is 0. The van der Waals surface area contributed by atoms with Crippen LogP contribution in [0, 0.1) is 5.41 Å². The molecule has 2 saturated heterocycles. The van der Waals surface area contributed by atoms with Crippen molar-refractivity contribution < 1.29 is 22.6 Å². The van der Waals surface area contributed by atoms with Gasteiger partial charge < -0.3 is 19.1 Å². The molecular weight excluding hydrogens is 466 g/mol. The van der Waals surface area contributed by atoms with E-state index in [1.165, 1.54) is 38.5 Å². The van der Waals surface area contributed by atoms with Crippen LogP contribution in [0.15, 0.2) is 28.1 Å². The van der Waals surface area contributed by atoms with Crippen molar-refractivity contribution in [2.45, 2.75) is 74.5 Å². The Morgan fingerprint density at radius 2 is 1.86 bits per heavy atom. The van der Waals surface area contributed by atoms with Crippen molar-refractivity contribution in [1.29, 1.82) is 0 Å². The fraction of sp³-hybridized carbons (Fsp3) is 0.731. The number of hydrogen-bond acceptors (Lipinski definition) is 7. The van der Waals surface area contributed by atoms with Gasteiger partial charge in [-0.15, -0.1) is 0 Å². The fourth-order valence-electron chi connectivity index (χ4n) is 6.80. The summed E-state index contributed by atoms with van der Waals surface area (Å²) in [5.41, 5.74) is 1.93. The van der Waals surface area contributed by atoms with E-state index in [2.05, 4.69) is 4.90 Å². The van der Waals surface area contributed by atoms with E-state index in [4.69, 9.17) is 19.2 Å². The van der Waals surface area contributed by atoms with Gasteiger partial charge in [-0.3, -0.25) is 4.99 Å². The third kappa shape index (κ3) is 3.85. The average molecular weight is 504 g/mol. The summed E-state index contributed by atoms with van der Waals surface area (Å²) in [6, 6.07) is 5.37. The van der Waals surface area contributed by atoms with Crippen molar-refractivity contribution in [2.24, 2.45) is 10.4 Å². The van der Waals surface area contributed by atoms with Gasteiger partial charge in [0.15, 0.2) is 5.84 Å². The maximum atomic E-state index is 13.7. The second kappa shape index (κ2) is 9.10. The number of ether oxygens (including phenoxy) is 3. The van der Waals surface area contributed by atoms with Gasteiger partial charge in [0.25, 0.3) is 5.79 Å². The summed E-state index contributed by atoms with van der Waals surface area (Å²) in [6.07, 6.45) is 9.96. The Balaban J connectivity index is 1.41. The zero-order valence-corrected chi connectivity index (χ0v) is 21.5. The van der Waals surface area contributed by atoms with Crippen molar-refractivity contribution in [3.8, 4) is 0 Å². The SMILES string of the molecule is COC[C@@H]1CCCN1S(=O)(=O)c1ccc2c(c1)C1(OCCCO1)C1=NCC3(CCCCCC3)CN12. The Labute approximate surface area is 208 Å². The smallest absolute Gasteiger partial charge is 0.257 e. The standard InChI is InChI=1S/C26H37N3O5S/c1-32-17-20-8-6-13-29(20)35(30,31)21-9-10-23-22(16-21)26(33-14-7-15-34-26)24-27-18-25(19-28(23)24)11-4-2-3-5-12-25/h9-10,16,20H,2-8,11-15,17-19H2,1H3/t20-/m0/s1. The van der Waals surface area contributed by atoms with E-state index in [0.29, 0.717) is 31.3 Å². The normalized spacial score (nSPS) is 28.1. The topological polar surface area (TPSA) is 80.7 Å². The van der Waals surface area contributed by atoms with Crippen LogP contribution >= 0.6 is 0 Å². The van der Waals surface area contributed by atoms with Gasteiger partial charge in [-0.1, -0.05) is 25.7 Å². The highest BCUT2D eigenvalue weighted by atomic mass is 32.2. The number of sulfonamides is 1. The molecule has 2 spiro atoms. The second-order valence-electron chi connectivity index (χ2n) is 10.9. The molecule has 0 unspecified atom stereocenters. The van der Waals surface area contributed by atoms with Crippen molar-refractivity contribution in [3.63, 3.8) is 0 Å². The van der Waals surface area contributed by atoms with Crippen molar-refractivity contribution in [2.75, 3.05) is 51.5 Å². The lowest BCUT2D eigenvalue weighted by Gasteiger charge is -2.43. The molecule has 1 atom stereocenters. The van der Waals surface area contributed by atoms with E-state index >= 15 is 0 Å². The Kier molecular flexibility index (Phi) is 6.20. The minimum absolute atomic E-state index is 0.125. The van der Waals surface area contributed by atoms with Gasteiger partial charge in [-0.2, -0.15) is 4.31 Å². The first-order chi connectivity index (χ1) is 17.0. The molecule has 4 heterocycles. The maximum absolute atomic E-state index is 13.7. The summed E-state index contributed by atoms with van der Waals surface area (Å²) in [4.78, 5) is 7.69. The molecule has 8 nitrogen and oxygen atoms in total. The Bertz CT molecular complexity index is 1090. The molecule has 5 aliphatic rings. The molecule has 1 aromatic carbocycles. The maximum Gasteiger partial charge on any atom is 0.257 e. The molecule has 0 aromatic heterocycles. The van der Waals surface area contributed by atoms with Crippen LogP contribution in [0.4, 0.5) is 5.69 Å². The van der Waals surface area contributed by atoms with E-state index in [1.54, 1.807) is 23.5 Å². The molecule has 4 aliphatic heterocycles. The minimum Gasteiger partial charge on any atom is -0.383 e. The van der Waals surface area contributed by atoms with E-state index in [1.807, 2.05) is 6.07 Å². The number of anilines is 1. The summed E-state index contributed by atoms with van der Waals surface area (Å²) in [5.74, 6) is -0.308. The van der Waals surface area contributed by atoms with E-state index < -0.39 is 15.8 Å². The third-order valence-electron chi connectivity index (χ3n) is 8.57. The molecule has 1 saturated carbocycles. The van der Waals surface area contributed by atoms with Gasteiger partial charge >= 0.3 is 0 Å². The first-order valence-corrected chi connectivity index (χ1v) is 14.7. The first kappa shape index (κ1) is 23.9. The lowest BCUT2D eigenvalue weighted by Crippen LogP contribution is -2.53. The Morgan fingerprint density at radius 1 is 1.09 bits per heavy atom. The zero-order chi connectivity index (χ0) is 24.1. The lowest BCUT2D eigenvalue weighted by atomic mass is 9.79. The van der Waals surface area contributed by atoms with Gasteiger partial charge in [-0.05, 0) is 50.3 Å². The quantitative estimate of drug-likeness (QED) is 0.624. The first-order valence-electron chi connectivity index (χ1n) is 13.2. The van der Waals surface area contributed by atoms with Crippen molar-refractivity contribution in [3.05, 3.63) is 23.8 Å². The summed E-state index contributed by atoms with van der Waals surface area (Å²) >= 11 is 0. The lowest BCUT2D eigenvalue weighted by molar-refractivity contribution is -0.228. The monoisotopic (exact) mass is 503 g/mol. The predicted molar refractivity (Wildman–Crippen MR) is 133 cm³/mol. The van der Waals surface area contributed by atoms with Crippen LogP contribution in [-0.2, 0) is 30.0 Å². The fourth-order valence-corrected chi connectivity index (χ4v) is 8.50. The molecule has 9 heteroatoms. The van der Waals surface area contributed by atoms with Crippen LogP contribution < -0.4 is 4.90 Å². The van der Waals surface area contributed by atoms with Crippen molar-refractivity contribution in [1.82, 2.24) is 4.31 Å². The van der Waals surface area contributed by atoms with Gasteiger partial charge in [0, 0.05) is 43.8 Å². The predicted octanol–water partition coefficient (Wildman–Crippen LogP) is 3.65. The number of nitrogens with zero attached hydrogens (tertiary/aromatic N) is 3. The molecule has 35 heavy (non-hydrogen) atoms. The van der Waals surface area contributed by atoms with Crippen molar-refractivity contribution >= 4 is 21.5 Å². The highest BCUT2D eigenvalue weighted by Crippen LogP contribution is 2.51. The molecule has 1 aromatic rings. The van der Waals surface area contributed by atoms with Crippen LogP contribution in [-0.4, -0.2) is 71.2 Å². The van der Waals surface area contributed by atoms with Gasteiger partial charge in [0.05, 0.1) is 30.4 Å². The van der Waals surface area contributed by atoms with E-state index in [0.717, 1.165) is 49.4 Å². The second-order valence-corrected chi connectivity index (χ2v) is 12.7. The molecule has 0 amide bonds.